The molecule has 2 saturated heterocycles. The SMILES string of the molecule is CC1B(c2ccc(B(O)O)cc2)C1C.CC1B(c2ccc(B(O)O)cc2)C1C.[Zr]. The van der Waals surface area contributed by atoms with E-state index < -0.39 is 14.2 Å². The molecule has 29 heavy (non-hydrogen) atoms. The van der Waals surface area contributed by atoms with Crippen molar-refractivity contribution < 1.29 is 46.3 Å². The van der Waals surface area contributed by atoms with Gasteiger partial charge in [0.15, 0.2) is 13.4 Å². The molecular formula is C20H28B4O4Zr. The van der Waals surface area contributed by atoms with E-state index in [1.54, 1.807) is 24.3 Å². The summed E-state index contributed by atoms with van der Waals surface area (Å²) in [5.41, 5.74) is 3.76. The third kappa shape index (κ3) is 5.77. The fourth-order valence-electron chi connectivity index (χ4n) is 4.32. The fourth-order valence-corrected chi connectivity index (χ4v) is 4.32. The van der Waals surface area contributed by atoms with Gasteiger partial charge >= 0.3 is 14.2 Å². The van der Waals surface area contributed by atoms with Gasteiger partial charge in [0.25, 0.3) is 0 Å². The van der Waals surface area contributed by atoms with Crippen LogP contribution >= 0.6 is 0 Å². The molecule has 0 saturated carbocycles. The molecule has 4 N–H and O–H groups in total. The summed E-state index contributed by atoms with van der Waals surface area (Å²) in [5.74, 6) is 3.06. The molecule has 2 aromatic rings. The van der Waals surface area contributed by atoms with Crippen molar-refractivity contribution in [3.05, 3.63) is 48.5 Å². The van der Waals surface area contributed by atoms with E-state index in [0.29, 0.717) is 24.4 Å². The fraction of sp³-hybridized carbons (Fsp3) is 0.400. The van der Waals surface area contributed by atoms with Crippen molar-refractivity contribution in [1.82, 2.24) is 0 Å². The normalized spacial score (nSPS) is 24.1. The largest absolute Gasteiger partial charge is 0.488 e. The first kappa shape index (κ1) is 24.7. The predicted octanol–water partition coefficient (Wildman–Crippen LogP) is -0.278. The van der Waals surface area contributed by atoms with Gasteiger partial charge in [-0.3, -0.25) is 0 Å². The molecule has 4 rings (SSSR count). The molecule has 0 amide bonds. The van der Waals surface area contributed by atoms with Crippen molar-refractivity contribution in [2.75, 3.05) is 0 Å². The smallest absolute Gasteiger partial charge is 0.423 e. The molecule has 0 radical (unpaired) electrons. The molecule has 2 aliphatic heterocycles. The van der Waals surface area contributed by atoms with Crippen LogP contribution in [0.1, 0.15) is 27.7 Å². The Labute approximate surface area is 194 Å². The summed E-state index contributed by atoms with van der Waals surface area (Å²) in [4.78, 5) is 0. The molecule has 9 heteroatoms. The van der Waals surface area contributed by atoms with Crippen molar-refractivity contribution in [1.29, 1.82) is 0 Å². The standard InChI is InChI=1S/2C10H14B2O2.Zr/c2*1-7-8(2)11(7)9-3-5-10(6-4-9)12(13)14;/h2*3-8,13-14H,1-2H3;. The molecule has 148 valence electrons. The van der Waals surface area contributed by atoms with Crippen molar-refractivity contribution in [3.63, 3.8) is 0 Å². The average molecular weight is 467 g/mol. The summed E-state index contributed by atoms with van der Waals surface area (Å²) in [6.07, 6.45) is 0. The second kappa shape index (κ2) is 10.2. The van der Waals surface area contributed by atoms with Gasteiger partial charge in [0.1, 0.15) is 0 Å². The quantitative estimate of drug-likeness (QED) is 0.467. The zero-order valence-electron chi connectivity index (χ0n) is 17.5. The third-order valence-corrected chi connectivity index (χ3v) is 6.88. The molecule has 2 heterocycles. The third-order valence-electron chi connectivity index (χ3n) is 6.88. The van der Waals surface area contributed by atoms with Crippen LogP contribution < -0.4 is 21.9 Å². The van der Waals surface area contributed by atoms with Crippen molar-refractivity contribution in [3.8, 4) is 0 Å². The van der Waals surface area contributed by atoms with Gasteiger partial charge in [0.05, 0.1) is 0 Å². The van der Waals surface area contributed by atoms with Crippen LogP contribution in [0.2, 0.25) is 23.3 Å². The van der Waals surface area contributed by atoms with Crippen LogP contribution in [-0.2, 0) is 26.2 Å². The molecule has 0 aromatic heterocycles. The van der Waals surface area contributed by atoms with Gasteiger partial charge in [0, 0.05) is 26.2 Å². The van der Waals surface area contributed by atoms with E-state index in [1.165, 1.54) is 10.9 Å². The first-order chi connectivity index (χ1) is 13.2. The number of rotatable bonds is 4. The predicted molar refractivity (Wildman–Crippen MR) is 121 cm³/mol. The Morgan fingerprint density at radius 3 is 0.966 bits per heavy atom. The monoisotopic (exact) mass is 466 g/mol. The summed E-state index contributed by atoms with van der Waals surface area (Å²) in [6.45, 7) is 10.3. The second-order valence-corrected chi connectivity index (χ2v) is 8.57. The van der Waals surface area contributed by atoms with Crippen LogP contribution in [0, 0.1) is 0 Å². The van der Waals surface area contributed by atoms with Gasteiger partial charge in [0.2, 0.25) is 0 Å². The van der Waals surface area contributed by atoms with Crippen LogP contribution in [-0.4, -0.2) is 47.8 Å². The maximum absolute atomic E-state index is 8.93. The van der Waals surface area contributed by atoms with E-state index in [1.807, 2.05) is 24.3 Å². The molecule has 0 spiro atoms. The Morgan fingerprint density at radius 1 is 0.552 bits per heavy atom. The van der Waals surface area contributed by atoms with E-state index in [-0.39, 0.29) is 26.2 Å². The molecule has 2 fully saturated rings. The van der Waals surface area contributed by atoms with E-state index >= 15 is 0 Å². The molecule has 4 nitrogen and oxygen atoms in total. The molecule has 4 unspecified atom stereocenters. The van der Waals surface area contributed by atoms with Crippen LogP contribution in [0.25, 0.3) is 0 Å². The Hall–Kier alpha value is -0.577. The Balaban J connectivity index is 0.000000200. The average Bonchev–Trinajstić information content (AvgIpc) is 3.49. The van der Waals surface area contributed by atoms with Crippen LogP contribution in [0.5, 0.6) is 0 Å². The van der Waals surface area contributed by atoms with Crippen molar-refractivity contribution in [2.24, 2.45) is 0 Å². The zero-order valence-corrected chi connectivity index (χ0v) is 20.0. The van der Waals surface area contributed by atoms with Crippen LogP contribution in [0.15, 0.2) is 48.5 Å². The van der Waals surface area contributed by atoms with Gasteiger partial charge in [-0.15, -0.1) is 0 Å². The summed E-state index contributed by atoms with van der Waals surface area (Å²) in [6, 6.07) is 15.2. The van der Waals surface area contributed by atoms with E-state index in [2.05, 4.69) is 27.7 Å². The summed E-state index contributed by atoms with van der Waals surface area (Å²) < 4.78 is 0. The molecular weight excluding hydrogens is 439 g/mol. The second-order valence-electron chi connectivity index (χ2n) is 8.57. The van der Waals surface area contributed by atoms with Gasteiger partial charge in [-0.1, -0.05) is 110 Å². The zero-order chi connectivity index (χ0) is 20.6. The van der Waals surface area contributed by atoms with Crippen LogP contribution in [0.3, 0.4) is 0 Å². The van der Waals surface area contributed by atoms with Crippen molar-refractivity contribution >= 4 is 49.5 Å². The Bertz CT molecular complexity index is 705. The first-order valence-corrected chi connectivity index (χ1v) is 10.1. The van der Waals surface area contributed by atoms with Crippen LogP contribution in [0.4, 0.5) is 0 Å². The summed E-state index contributed by atoms with van der Waals surface area (Å²) >= 11 is 0. The Morgan fingerprint density at radius 2 is 0.793 bits per heavy atom. The molecule has 0 aliphatic carbocycles. The minimum atomic E-state index is -1.35. The summed E-state index contributed by atoms with van der Waals surface area (Å²) in [7, 11) is -2.70. The summed E-state index contributed by atoms with van der Waals surface area (Å²) in [5, 5.41) is 35.7. The number of hydrogen-bond acceptors (Lipinski definition) is 4. The molecule has 2 aromatic carbocycles. The first-order valence-electron chi connectivity index (χ1n) is 10.1. The maximum Gasteiger partial charge on any atom is 0.488 e. The molecule has 4 atom stereocenters. The minimum absolute atomic E-state index is 0. The topological polar surface area (TPSA) is 80.9 Å². The van der Waals surface area contributed by atoms with Gasteiger partial charge in [-0.05, 0) is 10.9 Å². The maximum atomic E-state index is 8.93. The minimum Gasteiger partial charge on any atom is -0.423 e. The van der Waals surface area contributed by atoms with E-state index in [9.17, 15) is 0 Å². The van der Waals surface area contributed by atoms with Crippen molar-refractivity contribution in [2.45, 2.75) is 51.0 Å². The van der Waals surface area contributed by atoms with Gasteiger partial charge < -0.3 is 20.1 Å². The van der Waals surface area contributed by atoms with E-state index in [4.69, 9.17) is 20.1 Å². The van der Waals surface area contributed by atoms with Gasteiger partial charge in [-0.2, -0.15) is 0 Å². The number of hydrogen-bond donors (Lipinski definition) is 4. The number of benzene rings is 2. The molecule has 2 aliphatic rings. The Kier molecular flexibility index (Phi) is 8.64. The van der Waals surface area contributed by atoms with E-state index in [0.717, 1.165) is 23.3 Å². The molecule has 0 bridgehead atoms. The van der Waals surface area contributed by atoms with Gasteiger partial charge in [-0.25, -0.2) is 0 Å².